The minimum Gasteiger partial charge on any atom is -0.494 e. The number of hydroxylamine groups is 1. The van der Waals surface area contributed by atoms with Crippen molar-refractivity contribution < 1.29 is 19.2 Å². The highest BCUT2D eigenvalue weighted by molar-refractivity contribution is 6.23. The lowest BCUT2D eigenvalue weighted by Crippen LogP contribution is -2.37. The molecule has 1 aromatic heterocycles. The fourth-order valence-electron chi connectivity index (χ4n) is 4.27. The fourth-order valence-corrected chi connectivity index (χ4v) is 4.27. The van der Waals surface area contributed by atoms with Crippen LogP contribution in [0.4, 0.5) is 11.4 Å². The van der Waals surface area contributed by atoms with E-state index in [0.29, 0.717) is 18.0 Å². The van der Waals surface area contributed by atoms with Gasteiger partial charge in [0.15, 0.2) is 6.10 Å². The molecule has 7 heteroatoms. The van der Waals surface area contributed by atoms with Crippen LogP contribution in [0.1, 0.15) is 24.9 Å². The number of para-hydroxylation sites is 1. The number of nitrogens with zero attached hydrogens (tertiary/aromatic N) is 3. The number of anilines is 2. The quantitative estimate of drug-likeness (QED) is 0.553. The van der Waals surface area contributed by atoms with Crippen molar-refractivity contribution in [2.45, 2.75) is 25.5 Å². The lowest BCUT2D eigenvalue weighted by atomic mass is 9.91. The summed E-state index contributed by atoms with van der Waals surface area (Å²) in [6.07, 6.45) is 3.40. The Balaban J connectivity index is 1.49. The van der Waals surface area contributed by atoms with Gasteiger partial charge in [0.1, 0.15) is 11.7 Å². The van der Waals surface area contributed by atoms with Crippen molar-refractivity contribution in [3.8, 4) is 5.75 Å². The molecule has 0 aliphatic carbocycles. The van der Waals surface area contributed by atoms with Gasteiger partial charge in [0.25, 0.3) is 5.91 Å². The van der Waals surface area contributed by atoms with Gasteiger partial charge >= 0.3 is 0 Å². The molecule has 2 saturated heterocycles. The van der Waals surface area contributed by atoms with Gasteiger partial charge in [-0.3, -0.25) is 19.4 Å². The molecule has 32 heavy (non-hydrogen) atoms. The molecule has 2 aliphatic heterocycles. The van der Waals surface area contributed by atoms with Crippen LogP contribution in [0, 0.1) is 5.92 Å². The van der Waals surface area contributed by atoms with Gasteiger partial charge in [0.05, 0.1) is 24.0 Å². The first-order valence-electron chi connectivity index (χ1n) is 10.7. The number of benzene rings is 2. The first kappa shape index (κ1) is 20.2. The van der Waals surface area contributed by atoms with Crippen LogP contribution >= 0.6 is 0 Å². The Morgan fingerprint density at radius 3 is 2.41 bits per heavy atom. The van der Waals surface area contributed by atoms with Gasteiger partial charge in [-0.2, -0.15) is 0 Å². The second-order valence-corrected chi connectivity index (χ2v) is 7.80. The van der Waals surface area contributed by atoms with Crippen LogP contribution in [0.15, 0.2) is 79.1 Å². The van der Waals surface area contributed by atoms with Crippen LogP contribution in [0.5, 0.6) is 5.75 Å². The number of rotatable bonds is 6. The van der Waals surface area contributed by atoms with Crippen molar-refractivity contribution in [3.63, 3.8) is 0 Å². The zero-order valence-corrected chi connectivity index (χ0v) is 17.6. The first-order valence-corrected chi connectivity index (χ1v) is 10.7. The van der Waals surface area contributed by atoms with Crippen LogP contribution in [0.2, 0.25) is 0 Å². The first-order chi connectivity index (χ1) is 15.7. The molecule has 0 N–H and O–H groups in total. The summed E-state index contributed by atoms with van der Waals surface area (Å²) in [6.45, 7) is 2.65. The summed E-state index contributed by atoms with van der Waals surface area (Å²) in [5.74, 6) is -0.624. The molecule has 3 heterocycles. The van der Waals surface area contributed by atoms with Gasteiger partial charge in [-0.1, -0.05) is 31.2 Å². The summed E-state index contributed by atoms with van der Waals surface area (Å²) in [7, 11) is 0. The summed E-state index contributed by atoms with van der Waals surface area (Å²) in [6, 6.07) is 19.8. The van der Waals surface area contributed by atoms with Gasteiger partial charge in [-0.05, 0) is 54.4 Å². The summed E-state index contributed by atoms with van der Waals surface area (Å²) < 4.78 is 5.61. The van der Waals surface area contributed by atoms with E-state index in [0.717, 1.165) is 17.7 Å². The minimum absolute atomic E-state index is 0.283. The summed E-state index contributed by atoms with van der Waals surface area (Å²) in [5, 5.41) is 1.67. The number of pyridine rings is 1. The topological polar surface area (TPSA) is 72.0 Å². The Morgan fingerprint density at radius 1 is 0.938 bits per heavy atom. The minimum atomic E-state index is -0.899. The van der Waals surface area contributed by atoms with Gasteiger partial charge in [-0.25, -0.2) is 9.96 Å². The number of carbonyl (C=O) groups is 2. The molecule has 2 aliphatic rings. The molecular weight excluding hydrogens is 406 g/mol. The third-order valence-electron chi connectivity index (χ3n) is 5.72. The molecule has 3 atom stereocenters. The van der Waals surface area contributed by atoms with Crippen molar-refractivity contribution >= 4 is 23.2 Å². The van der Waals surface area contributed by atoms with E-state index in [4.69, 9.17) is 9.57 Å². The second kappa shape index (κ2) is 8.43. The largest absolute Gasteiger partial charge is 0.494 e. The fraction of sp³-hybridized carbons (Fsp3) is 0.240. The Morgan fingerprint density at radius 2 is 1.72 bits per heavy atom. The van der Waals surface area contributed by atoms with E-state index in [2.05, 4.69) is 4.98 Å². The van der Waals surface area contributed by atoms with Gasteiger partial charge in [0, 0.05) is 12.4 Å². The van der Waals surface area contributed by atoms with Crippen LogP contribution in [-0.4, -0.2) is 29.5 Å². The van der Waals surface area contributed by atoms with Gasteiger partial charge in [-0.15, -0.1) is 0 Å². The highest BCUT2D eigenvalue weighted by Crippen LogP contribution is 2.47. The Labute approximate surface area is 186 Å². The average molecular weight is 429 g/mol. The van der Waals surface area contributed by atoms with Crippen LogP contribution in [0.25, 0.3) is 0 Å². The Bertz CT molecular complexity index is 1110. The van der Waals surface area contributed by atoms with Gasteiger partial charge < -0.3 is 4.74 Å². The van der Waals surface area contributed by atoms with E-state index < -0.39 is 18.1 Å². The summed E-state index contributed by atoms with van der Waals surface area (Å²) >= 11 is 0. The smallest absolute Gasteiger partial charge is 0.266 e. The molecule has 0 bridgehead atoms. The predicted octanol–water partition coefficient (Wildman–Crippen LogP) is 3.92. The maximum absolute atomic E-state index is 13.6. The third kappa shape index (κ3) is 3.40. The van der Waals surface area contributed by atoms with Crippen LogP contribution in [0.3, 0.4) is 0 Å². The van der Waals surface area contributed by atoms with Crippen molar-refractivity contribution in [2.75, 3.05) is 16.6 Å². The molecule has 2 amide bonds. The number of ether oxygens (including phenoxy) is 1. The molecule has 0 radical (unpaired) electrons. The Hall–Kier alpha value is -3.71. The molecule has 162 valence electrons. The summed E-state index contributed by atoms with van der Waals surface area (Å²) in [5.41, 5.74) is 2.11. The van der Waals surface area contributed by atoms with Crippen LogP contribution < -0.4 is 14.7 Å². The SMILES string of the molecule is CCCOc1ccc(N2C(=O)C3ON(c4ccccc4)C(c4cccnc4)C3C2=O)cc1. The average Bonchev–Trinajstić information content (AvgIpc) is 3.35. The molecule has 2 aromatic carbocycles. The van der Waals surface area contributed by atoms with E-state index in [1.807, 2.05) is 49.4 Å². The van der Waals surface area contributed by atoms with Crippen molar-refractivity contribution in [1.82, 2.24) is 4.98 Å². The number of aromatic nitrogens is 1. The maximum Gasteiger partial charge on any atom is 0.266 e. The number of amides is 2. The van der Waals surface area contributed by atoms with E-state index >= 15 is 0 Å². The standard InChI is InChI=1S/C25H23N3O4/c1-2-15-31-20-12-10-18(11-13-20)27-24(29)21-22(17-7-6-14-26-16-17)28(32-23(21)25(27)30)19-8-4-3-5-9-19/h3-14,16,21-23H,2,15H2,1H3. The monoisotopic (exact) mass is 429 g/mol. The van der Waals surface area contributed by atoms with Crippen LogP contribution in [-0.2, 0) is 14.4 Å². The number of hydrogen-bond donors (Lipinski definition) is 0. The number of carbonyl (C=O) groups excluding carboxylic acids is 2. The van der Waals surface area contributed by atoms with E-state index in [1.165, 1.54) is 4.90 Å². The highest BCUT2D eigenvalue weighted by atomic mass is 16.7. The van der Waals surface area contributed by atoms with Crippen molar-refractivity contribution in [3.05, 3.63) is 84.7 Å². The maximum atomic E-state index is 13.6. The van der Waals surface area contributed by atoms with E-state index in [1.54, 1.807) is 41.7 Å². The van der Waals surface area contributed by atoms with E-state index in [-0.39, 0.29) is 11.8 Å². The molecule has 7 nitrogen and oxygen atoms in total. The molecular formula is C25H23N3O4. The predicted molar refractivity (Wildman–Crippen MR) is 119 cm³/mol. The highest BCUT2D eigenvalue weighted by Gasteiger charge is 2.60. The zero-order valence-electron chi connectivity index (χ0n) is 17.6. The summed E-state index contributed by atoms with van der Waals surface area (Å²) in [4.78, 5) is 38.4. The third-order valence-corrected chi connectivity index (χ3v) is 5.72. The molecule has 5 rings (SSSR count). The van der Waals surface area contributed by atoms with E-state index in [9.17, 15) is 9.59 Å². The second-order valence-electron chi connectivity index (χ2n) is 7.80. The van der Waals surface area contributed by atoms with Crippen molar-refractivity contribution in [1.29, 1.82) is 0 Å². The zero-order chi connectivity index (χ0) is 22.1. The number of imide groups is 1. The number of hydrogen-bond acceptors (Lipinski definition) is 6. The lowest BCUT2D eigenvalue weighted by Gasteiger charge is -2.28. The molecule has 3 unspecified atom stereocenters. The molecule has 0 saturated carbocycles. The lowest BCUT2D eigenvalue weighted by molar-refractivity contribution is -0.126. The molecule has 2 fully saturated rings. The molecule has 3 aromatic rings. The van der Waals surface area contributed by atoms with Gasteiger partial charge in [0.2, 0.25) is 5.91 Å². The Kier molecular flexibility index (Phi) is 5.33. The van der Waals surface area contributed by atoms with Crippen molar-refractivity contribution in [2.24, 2.45) is 5.92 Å². The normalized spacial score (nSPS) is 22.3. The number of fused-ring (bicyclic) bond motifs is 1. The molecule has 0 spiro atoms.